The van der Waals surface area contributed by atoms with Crippen LogP contribution in [0.5, 0.6) is 0 Å². The Morgan fingerprint density at radius 2 is 1.96 bits per heavy atom. The molecule has 7 heteroatoms. The number of benzene rings is 1. The summed E-state index contributed by atoms with van der Waals surface area (Å²) in [5.74, 6) is -0.621. The maximum atomic E-state index is 12.6. The first-order chi connectivity index (χ1) is 12.4. The number of nitrogens with zero attached hydrogens (tertiary/aromatic N) is 2. The fourth-order valence-electron chi connectivity index (χ4n) is 3.72. The third-order valence-corrected chi connectivity index (χ3v) is 5.04. The number of rotatable bonds is 4. The standard InChI is InChI=1S/C19H25N3O4/c1-12(2)22-17(24)15-7-6-13(11-16(15)18(22)25)20-19(26)21-9-4-3-5-14(21)8-10-23/h6-7,11-12,14,23H,3-5,8-10H2,1-2H3,(H,20,26). The zero-order chi connectivity index (χ0) is 18.8. The van der Waals surface area contributed by atoms with Crippen LogP contribution in [0.15, 0.2) is 18.2 Å². The van der Waals surface area contributed by atoms with E-state index in [9.17, 15) is 19.5 Å². The van der Waals surface area contributed by atoms with E-state index in [0.717, 1.165) is 19.3 Å². The Kier molecular flexibility index (Phi) is 5.27. The molecular formula is C19H25N3O4. The summed E-state index contributed by atoms with van der Waals surface area (Å²) < 4.78 is 0. The summed E-state index contributed by atoms with van der Waals surface area (Å²) in [5, 5.41) is 12.0. The average Bonchev–Trinajstić information content (AvgIpc) is 2.86. The van der Waals surface area contributed by atoms with Gasteiger partial charge in [-0.2, -0.15) is 0 Å². The van der Waals surface area contributed by atoms with Crippen LogP contribution < -0.4 is 5.32 Å². The number of carbonyl (C=O) groups excluding carboxylic acids is 3. The van der Waals surface area contributed by atoms with Crippen molar-refractivity contribution in [1.29, 1.82) is 0 Å². The normalized spacial score (nSPS) is 19.9. The average molecular weight is 359 g/mol. The quantitative estimate of drug-likeness (QED) is 0.808. The molecule has 1 fully saturated rings. The lowest BCUT2D eigenvalue weighted by atomic mass is 10.00. The Morgan fingerprint density at radius 3 is 2.65 bits per heavy atom. The number of piperidine rings is 1. The lowest BCUT2D eigenvalue weighted by Crippen LogP contribution is -2.46. The first-order valence-corrected chi connectivity index (χ1v) is 9.14. The molecule has 2 N–H and O–H groups in total. The zero-order valence-electron chi connectivity index (χ0n) is 15.2. The van der Waals surface area contributed by atoms with Gasteiger partial charge in [-0.15, -0.1) is 0 Å². The second kappa shape index (κ2) is 7.45. The van der Waals surface area contributed by atoms with E-state index >= 15 is 0 Å². The van der Waals surface area contributed by atoms with Crippen LogP contribution in [0.25, 0.3) is 0 Å². The summed E-state index contributed by atoms with van der Waals surface area (Å²) in [7, 11) is 0. The lowest BCUT2D eigenvalue weighted by molar-refractivity contribution is 0.0609. The van der Waals surface area contributed by atoms with Crippen LogP contribution in [-0.4, -0.2) is 58.0 Å². The van der Waals surface area contributed by atoms with Gasteiger partial charge in [-0.05, 0) is 57.7 Å². The van der Waals surface area contributed by atoms with Crippen molar-refractivity contribution in [2.24, 2.45) is 0 Å². The number of anilines is 1. The van der Waals surface area contributed by atoms with Gasteiger partial charge in [0, 0.05) is 30.9 Å². The van der Waals surface area contributed by atoms with Crippen LogP contribution >= 0.6 is 0 Å². The van der Waals surface area contributed by atoms with Crippen LogP contribution in [0, 0.1) is 0 Å². The second-order valence-corrected chi connectivity index (χ2v) is 7.12. The number of fused-ring (bicyclic) bond motifs is 1. The van der Waals surface area contributed by atoms with Gasteiger partial charge in [-0.3, -0.25) is 14.5 Å². The molecule has 1 aromatic carbocycles. The van der Waals surface area contributed by atoms with E-state index in [-0.39, 0.29) is 36.5 Å². The minimum Gasteiger partial charge on any atom is -0.396 e. The molecule has 0 saturated carbocycles. The molecule has 2 heterocycles. The van der Waals surface area contributed by atoms with Crippen molar-refractivity contribution in [2.75, 3.05) is 18.5 Å². The molecule has 3 rings (SSSR count). The Hall–Kier alpha value is -2.41. The van der Waals surface area contributed by atoms with Crippen molar-refractivity contribution >= 4 is 23.5 Å². The molecule has 0 bridgehead atoms. The Balaban J connectivity index is 1.77. The van der Waals surface area contributed by atoms with Crippen molar-refractivity contribution in [3.63, 3.8) is 0 Å². The number of imide groups is 1. The molecule has 140 valence electrons. The van der Waals surface area contributed by atoms with E-state index in [2.05, 4.69) is 5.32 Å². The van der Waals surface area contributed by atoms with Crippen LogP contribution in [-0.2, 0) is 0 Å². The number of aliphatic hydroxyl groups is 1. The van der Waals surface area contributed by atoms with Crippen LogP contribution in [0.1, 0.15) is 60.2 Å². The number of carbonyl (C=O) groups is 3. The summed E-state index contributed by atoms with van der Waals surface area (Å²) in [6, 6.07) is 4.39. The first kappa shape index (κ1) is 18.4. The molecule has 0 spiro atoms. The number of aliphatic hydroxyl groups excluding tert-OH is 1. The van der Waals surface area contributed by atoms with E-state index < -0.39 is 0 Å². The number of likely N-dealkylation sites (tertiary alicyclic amines) is 1. The third-order valence-electron chi connectivity index (χ3n) is 5.04. The largest absolute Gasteiger partial charge is 0.396 e. The van der Waals surface area contributed by atoms with Gasteiger partial charge < -0.3 is 15.3 Å². The van der Waals surface area contributed by atoms with Crippen LogP contribution in [0.3, 0.4) is 0 Å². The summed E-state index contributed by atoms with van der Waals surface area (Å²) in [6.45, 7) is 4.29. The van der Waals surface area contributed by atoms with Gasteiger partial charge in [-0.25, -0.2) is 4.79 Å². The number of nitrogens with one attached hydrogen (secondary N) is 1. The highest BCUT2D eigenvalue weighted by molar-refractivity contribution is 6.22. The second-order valence-electron chi connectivity index (χ2n) is 7.12. The highest BCUT2D eigenvalue weighted by Crippen LogP contribution is 2.28. The SMILES string of the molecule is CC(C)N1C(=O)c2ccc(NC(=O)N3CCCCC3CCO)cc2C1=O. The topological polar surface area (TPSA) is 90.0 Å². The van der Waals surface area contributed by atoms with Gasteiger partial charge in [0.15, 0.2) is 0 Å². The lowest BCUT2D eigenvalue weighted by Gasteiger charge is -2.35. The van der Waals surface area contributed by atoms with Crippen molar-refractivity contribution < 1.29 is 19.5 Å². The maximum Gasteiger partial charge on any atom is 0.322 e. The molecule has 1 atom stereocenters. The van der Waals surface area contributed by atoms with Gasteiger partial charge >= 0.3 is 6.03 Å². The molecule has 0 aromatic heterocycles. The molecule has 26 heavy (non-hydrogen) atoms. The summed E-state index contributed by atoms with van der Waals surface area (Å²) in [6.07, 6.45) is 3.44. The van der Waals surface area contributed by atoms with Gasteiger partial charge in [-0.1, -0.05) is 0 Å². The molecule has 1 aromatic rings. The predicted molar refractivity (Wildman–Crippen MR) is 97.1 cm³/mol. The van der Waals surface area contributed by atoms with Crippen molar-refractivity contribution in [3.8, 4) is 0 Å². The molecule has 2 aliphatic rings. The van der Waals surface area contributed by atoms with E-state index in [1.807, 2.05) is 0 Å². The van der Waals surface area contributed by atoms with Crippen LogP contribution in [0.2, 0.25) is 0 Å². The number of urea groups is 1. The number of amides is 4. The summed E-state index contributed by atoms with van der Waals surface area (Å²) >= 11 is 0. The maximum absolute atomic E-state index is 12.6. The van der Waals surface area contributed by atoms with Gasteiger partial charge in [0.05, 0.1) is 11.1 Å². The molecule has 1 saturated heterocycles. The summed E-state index contributed by atoms with van der Waals surface area (Å²) in [4.78, 5) is 40.4. The van der Waals surface area contributed by atoms with Crippen molar-refractivity contribution in [3.05, 3.63) is 29.3 Å². The van der Waals surface area contributed by atoms with Crippen LogP contribution in [0.4, 0.5) is 10.5 Å². The monoisotopic (exact) mass is 359 g/mol. The van der Waals surface area contributed by atoms with E-state index in [4.69, 9.17) is 0 Å². The van der Waals surface area contributed by atoms with E-state index in [1.54, 1.807) is 36.9 Å². The fourth-order valence-corrected chi connectivity index (χ4v) is 3.72. The molecule has 1 unspecified atom stereocenters. The molecule has 0 radical (unpaired) electrons. The predicted octanol–water partition coefficient (Wildman–Crippen LogP) is 2.46. The third kappa shape index (κ3) is 3.31. The number of hydrogen-bond acceptors (Lipinski definition) is 4. The molecule has 7 nitrogen and oxygen atoms in total. The molecule has 2 aliphatic heterocycles. The first-order valence-electron chi connectivity index (χ1n) is 9.14. The van der Waals surface area contributed by atoms with E-state index in [0.29, 0.717) is 29.8 Å². The van der Waals surface area contributed by atoms with Crippen molar-refractivity contribution in [2.45, 2.75) is 51.6 Å². The minimum absolute atomic E-state index is 0.0304. The van der Waals surface area contributed by atoms with Gasteiger partial charge in [0.2, 0.25) is 0 Å². The smallest absolute Gasteiger partial charge is 0.322 e. The summed E-state index contributed by atoms with van der Waals surface area (Å²) in [5.41, 5.74) is 1.19. The molecule has 4 amide bonds. The molecular weight excluding hydrogens is 334 g/mol. The Morgan fingerprint density at radius 1 is 1.23 bits per heavy atom. The van der Waals surface area contributed by atoms with E-state index in [1.165, 1.54) is 4.90 Å². The minimum atomic E-state index is -0.327. The zero-order valence-corrected chi connectivity index (χ0v) is 15.2. The van der Waals surface area contributed by atoms with Crippen molar-refractivity contribution in [1.82, 2.24) is 9.80 Å². The Bertz CT molecular complexity index is 729. The highest BCUT2D eigenvalue weighted by Gasteiger charge is 2.37. The number of hydrogen-bond donors (Lipinski definition) is 2. The highest BCUT2D eigenvalue weighted by atomic mass is 16.3. The molecule has 0 aliphatic carbocycles. The Labute approximate surface area is 153 Å². The van der Waals surface area contributed by atoms with Gasteiger partial charge in [0.25, 0.3) is 11.8 Å². The van der Waals surface area contributed by atoms with Gasteiger partial charge in [0.1, 0.15) is 0 Å². The fraction of sp³-hybridized carbons (Fsp3) is 0.526.